The number of benzene rings is 2. The number of amides is 1. The van der Waals surface area contributed by atoms with Crippen molar-refractivity contribution >= 4 is 23.4 Å². The van der Waals surface area contributed by atoms with Crippen LogP contribution in [-0.2, 0) is 11.3 Å². The Morgan fingerprint density at radius 2 is 1.85 bits per heavy atom. The van der Waals surface area contributed by atoms with Crippen molar-refractivity contribution in [2.75, 3.05) is 11.1 Å². The highest BCUT2D eigenvalue weighted by Gasteiger charge is 2.15. The minimum Gasteiger partial charge on any atom is -0.325 e. The molecule has 140 valence electrons. The highest BCUT2D eigenvalue weighted by Crippen LogP contribution is 2.25. The number of anilines is 1. The van der Waals surface area contributed by atoms with Gasteiger partial charge in [0.25, 0.3) is 0 Å². The third-order valence-electron chi connectivity index (χ3n) is 4.31. The Hall–Kier alpha value is -2.60. The second kappa shape index (κ2) is 8.39. The first-order valence-corrected chi connectivity index (χ1v) is 9.96. The standard InChI is InChI=1S/C21H24N4OS/c1-5-25-20(17-8-6-7-14(2)11-17)23-24-21(25)27-13-19(26)22-18-12-15(3)9-10-16(18)4/h6-12H,5,13H2,1-4H3,(H,22,26). The maximum Gasteiger partial charge on any atom is 0.234 e. The largest absolute Gasteiger partial charge is 0.325 e. The normalized spacial score (nSPS) is 10.8. The fourth-order valence-electron chi connectivity index (χ4n) is 2.87. The SMILES string of the molecule is CCn1c(SCC(=O)Nc2cc(C)ccc2C)nnc1-c1cccc(C)c1. The van der Waals surface area contributed by atoms with Crippen LogP contribution in [0.1, 0.15) is 23.6 Å². The van der Waals surface area contributed by atoms with Crippen LogP contribution in [-0.4, -0.2) is 26.4 Å². The van der Waals surface area contributed by atoms with Gasteiger partial charge in [0.05, 0.1) is 5.75 Å². The fourth-order valence-corrected chi connectivity index (χ4v) is 3.67. The van der Waals surface area contributed by atoms with Gasteiger partial charge in [0.2, 0.25) is 5.91 Å². The molecule has 0 aliphatic heterocycles. The Morgan fingerprint density at radius 1 is 1.07 bits per heavy atom. The number of aromatic nitrogens is 3. The monoisotopic (exact) mass is 380 g/mol. The summed E-state index contributed by atoms with van der Waals surface area (Å²) in [5.41, 5.74) is 5.25. The Balaban J connectivity index is 1.71. The van der Waals surface area contributed by atoms with Crippen molar-refractivity contribution in [2.45, 2.75) is 39.4 Å². The summed E-state index contributed by atoms with van der Waals surface area (Å²) in [5.74, 6) is 1.08. The predicted molar refractivity (Wildman–Crippen MR) is 111 cm³/mol. The molecule has 0 aliphatic carbocycles. The molecule has 1 heterocycles. The number of hydrogen-bond donors (Lipinski definition) is 1. The van der Waals surface area contributed by atoms with Crippen LogP contribution in [0.15, 0.2) is 47.6 Å². The zero-order valence-electron chi connectivity index (χ0n) is 16.1. The predicted octanol–water partition coefficient (Wildman–Crippen LogP) is 4.62. The summed E-state index contributed by atoms with van der Waals surface area (Å²) in [7, 11) is 0. The Labute approximate surface area is 164 Å². The van der Waals surface area contributed by atoms with Crippen molar-refractivity contribution in [3.8, 4) is 11.4 Å². The zero-order valence-corrected chi connectivity index (χ0v) is 16.9. The average molecular weight is 381 g/mol. The maximum atomic E-state index is 12.4. The van der Waals surface area contributed by atoms with Crippen LogP contribution in [0.2, 0.25) is 0 Å². The van der Waals surface area contributed by atoms with Crippen LogP contribution in [0.25, 0.3) is 11.4 Å². The number of carbonyl (C=O) groups excluding carboxylic acids is 1. The first-order chi connectivity index (χ1) is 13.0. The summed E-state index contributed by atoms with van der Waals surface area (Å²) >= 11 is 1.41. The smallest absolute Gasteiger partial charge is 0.234 e. The van der Waals surface area contributed by atoms with Gasteiger partial charge in [-0.3, -0.25) is 4.79 Å². The highest BCUT2D eigenvalue weighted by molar-refractivity contribution is 7.99. The molecular weight excluding hydrogens is 356 g/mol. The van der Waals surface area contributed by atoms with Crippen LogP contribution in [0.4, 0.5) is 5.69 Å². The average Bonchev–Trinajstić information content (AvgIpc) is 3.06. The molecular formula is C21H24N4OS. The van der Waals surface area contributed by atoms with Crippen molar-refractivity contribution in [3.05, 3.63) is 59.2 Å². The molecule has 5 nitrogen and oxygen atoms in total. The van der Waals surface area contributed by atoms with Crippen molar-refractivity contribution < 1.29 is 4.79 Å². The minimum absolute atomic E-state index is 0.0449. The fraction of sp³-hybridized carbons (Fsp3) is 0.286. The van der Waals surface area contributed by atoms with E-state index in [0.717, 1.165) is 39.9 Å². The van der Waals surface area contributed by atoms with Gasteiger partial charge in [0, 0.05) is 17.8 Å². The molecule has 0 saturated heterocycles. The Bertz CT molecular complexity index is 965. The van der Waals surface area contributed by atoms with Crippen LogP contribution in [0, 0.1) is 20.8 Å². The van der Waals surface area contributed by atoms with E-state index in [0.29, 0.717) is 5.75 Å². The third-order valence-corrected chi connectivity index (χ3v) is 5.28. The molecule has 6 heteroatoms. The molecule has 1 N–H and O–H groups in total. The topological polar surface area (TPSA) is 59.8 Å². The molecule has 0 unspecified atom stereocenters. The maximum absolute atomic E-state index is 12.4. The van der Waals surface area contributed by atoms with E-state index in [1.807, 2.05) is 48.7 Å². The molecule has 3 aromatic rings. The summed E-state index contributed by atoms with van der Waals surface area (Å²) in [6, 6.07) is 14.2. The van der Waals surface area contributed by atoms with Gasteiger partial charge in [0.1, 0.15) is 0 Å². The van der Waals surface area contributed by atoms with E-state index in [1.54, 1.807) is 0 Å². The third kappa shape index (κ3) is 4.57. The molecule has 0 fully saturated rings. The Kier molecular flexibility index (Phi) is 5.96. The summed E-state index contributed by atoms with van der Waals surface area (Å²) in [6.07, 6.45) is 0. The molecule has 1 aromatic heterocycles. The van der Waals surface area contributed by atoms with Gasteiger partial charge in [-0.15, -0.1) is 10.2 Å². The number of rotatable bonds is 6. The van der Waals surface area contributed by atoms with Crippen molar-refractivity contribution in [3.63, 3.8) is 0 Å². The summed E-state index contributed by atoms with van der Waals surface area (Å²) in [6.45, 7) is 8.87. The van der Waals surface area contributed by atoms with Crippen molar-refractivity contribution in [2.24, 2.45) is 0 Å². The van der Waals surface area contributed by atoms with E-state index in [4.69, 9.17) is 0 Å². The lowest BCUT2D eigenvalue weighted by atomic mass is 10.1. The molecule has 3 rings (SSSR count). The molecule has 1 amide bonds. The summed E-state index contributed by atoms with van der Waals surface area (Å²) in [4.78, 5) is 12.4. The van der Waals surface area contributed by atoms with Gasteiger partial charge in [-0.1, -0.05) is 47.7 Å². The van der Waals surface area contributed by atoms with Crippen LogP contribution in [0.3, 0.4) is 0 Å². The lowest BCUT2D eigenvalue weighted by Crippen LogP contribution is -2.15. The van der Waals surface area contributed by atoms with Crippen LogP contribution in [0.5, 0.6) is 0 Å². The molecule has 0 atom stereocenters. The molecule has 0 bridgehead atoms. The van der Waals surface area contributed by atoms with Gasteiger partial charge < -0.3 is 9.88 Å². The lowest BCUT2D eigenvalue weighted by Gasteiger charge is -2.10. The highest BCUT2D eigenvalue weighted by atomic mass is 32.2. The van der Waals surface area contributed by atoms with Gasteiger partial charge in [-0.25, -0.2) is 0 Å². The first kappa shape index (κ1) is 19.2. The van der Waals surface area contributed by atoms with Crippen molar-refractivity contribution in [1.82, 2.24) is 14.8 Å². The van der Waals surface area contributed by atoms with E-state index in [9.17, 15) is 4.79 Å². The van der Waals surface area contributed by atoms with E-state index >= 15 is 0 Å². The van der Waals surface area contributed by atoms with E-state index in [-0.39, 0.29) is 5.91 Å². The molecule has 0 aliphatic rings. The van der Waals surface area contributed by atoms with Gasteiger partial charge in [0.15, 0.2) is 11.0 Å². The van der Waals surface area contributed by atoms with Gasteiger partial charge in [-0.2, -0.15) is 0 Å². The molecule has 0 spiro atoms. The number of carbonyl (C=O) groups is 1. The second-order valence-electron chi connectivity index (χ2n) is 6.58. The zero-order chi connectivity index (χ0) is 19.4. The van der Waals surface area contributed by atoms with E-state index in [1.165, 1.54) is 17.3 Å². The number of nitrogens with one attached hydrogen (secondary N) is 1. The van der Waals surface area contributed by atoms with Crippen molar-refractivity contribution in [1.29, 1.82) is 0 Å². The molecule has 0 saturated carbocycles. The Morgan fingerprint density at radius 3 is 2.59 bits per heavy atom. The molecule has 27 heavy (non-hydrogen) atoms. The number of aryl methyl sites for hydroxylation is 3. The quantitative estimate of drug-likeness (QED) is 0.634. The lowest BCUT2D eigenvalue weighted by molar-refractivity contribution is -0.113. The number of thioether (sulfide) groups is 1. The van der Waals surface area contributed by atoms with Crippen LogP contribution < -0.4 is 5.32 Å². The number of hydrogen-bond acceptors (Lipinski definition) is 4. The van der Waals surface area contributed by atoms with Gasteiger partial charge >= 0.3 is 0 Å². The second-order valence-corrected chi connectivity index (χ2v) is 7.52. The molecule has 2 aromatic carbocycles. The minimum atomic E-state index is -0.0449. The summed E-state index contributed by atoms with van der Waals surface area (Å²) in [5, 5.41) is 12.4. The van der Waals surface area contributed by atoms with Gasteiger partial charge in [-0.05, 0) is 51.0 Å². The molecule has 0 radical (unpaired) electrons. The number of nitrogens with zero attached hydrogens (tertiary/aromatic N) is 3. The van der Waals surface area contributed by atoms with Crippen LogP contribution >= 0.6 is 11.8 Å². The first-order valence-electron chi connectivity index (χ1n) is 8.98. The van der Waals surface area contributed by atoms with E-state index < -0.39 is 0 Å². The van der Waals surface area contributed by atoms with E-state index in [2.05, 4.69) is 41.5 Å². The summed E-state index contributed by atoms with van der Waals surface area (Å²) < 4.78 is 2.05.